The minimum Gasteiger partial charge on any atom is -0.479 e. The molecule has 0 fully saturated rings. The summed E-state index contributed by atoms with van der Waals surface area (Å²) in [6, 6.07) is 9.76. The summed E-state index contributed by atoms with van der Waals surface area (Å²) in [4.78, 5) is 11.3. The number of hydrogen-bond donors (Lipinski definition) is 2. The van der Waals surface area contributed by atoms with Gasteiger partial charge in [-0.25, -0.2) is 4.79 Å². The Morgan fingerprint density at radius 2 is 1.77 bits per heavy atom. The fourth-order valence-electron chi connectivity index (χ4n) is 2.30. The number of carboxylic acid groups (broad SMARTS) is 1. The van der Waals surface area contributed by atoms with Crippen LogP contribution in [0.4, 0.5) is 0 Å². The van der Waals surface area contributed by atoms with E-state index in [4.69, 9.17) is 4.74 Å². The van der Waals surface area contributed by atoms with Crippen molar-refractivity contribution in [2.45, 2.75) is 57.2 Å². The topological polar surface area (TPSA) is 66.8 Å². The number of ether oxygens (including phenoxy) is 1. The van der Waals surface area contributed by atoms with E-state index < -0.39 is 20.1 Å². The van der Waals surface area contributed by atoms with Gasteiger partial charge in [0.1, 0.15) is 0 Å². The van der Waals surface area contributed by atoms with Gasteiger partial charge in [-0.05, 0) is 10.6 Å². The summed E-state index contributed by atoms with van der Waals surface area (Å²) in [5.74, 6) is -1.17. The largest absolute Gasteiger partial charge is 0.479 e. The van der Waals surface area contributed by atoms with Crippen molar-refractivity contribution in [3.63, 3.8) is 0 Å². The standard InChI is InChI=1S/C17H28O4Si/c1-17(2,3)22(4,5)14(15(18)16(19)20)12-21-11-13-9-7-6-8-10-13/h6-10,14-15,18H,11-12H2,1-5H3,(H,19,20)/t14-,15?/m0/s1. The van der Waals surface area contributed by atoms with Crippen molar-refractivity contribution in [2.75, 3.05) is 6.61 Å². The van der Waals surface area contributed by atoms with Gasteiger partial charge in [-0.3, -0.25) is 0 Å². The summed E-state index contributed by atoms with van der Waals surface area (Å²) >= 11 is 0. The number of hydrogen-bond acceptors (Lipinski definition) is 3. The molecule has 0 spiro atoms. The van der Waals surface area contributed by atoms with E-state index in [1.165, 1.54) is 0 Å². The number of benzene rings is 1. The summed E-state index contributed by atoms with van der Waals surface area (Å²) in [6.45, 7) is 11.3. The van der Waals surface area contributed by atoms with Crippen molar-refractivity contribution in [2.24, 2.45) is 0 Å². The SMILES string of the molecule is CC(C)(C)[Si](C)(C)[C@@H](COCc1ccccc1)C(O)C(=O)O. The maximum absolute atomic E-state index is 11.3. The van der Waals surface area contributed by atoms with Crippen LogP contribution in [0.5, 0.6) is 0 Å². The second-order valence-electron chi connectivity index (χ2n) is 7.36. The van der Waals surface area contributed by atoms with Crippen LogP contribution >= 0.6 is 0 Å². The van der Waals surface area contributed by atoms with Gasteiger partial charge in [0.05, 0.1) is 21.3 Å². The van der Waals surface area contributed by atoms with Gasteiger partial charge in [0.2, 0.25) is 0 Å². The fourth-order valence-corrected chi connectivity index (χ4v) is 4.88. The molecule has 124 valence electrons. The zero-order valence-corrected chi connectivity index (χ0v) is 15.2. The zero-order chi connectivity index (χ0) is 17.0. The van der Waals surface area contributed by atoms with Crippen LogP contribution in [0, 0.1) is 0 Å². The molecule has 1 aromatic rings. The Labute approximate surface area is 134 Å². The van der Waals surface area contributed by atoms with Crippen molar-refractivity contribution < 1.29 is 19.7 Å². The summed E-state index contributed by atoms with van der Waals surface area (Å²) in [5.41, 5.74) is 0.690. The number of aliphatic hydroxyl groups excluding tert-OH is 1. The van der Waals surface area contributed by atoms with Crippen LogP contribution in [0.25, 0.3) is 0 Å². The highest BCUT2D eigenvalue weighted by Crippen LogP contribution is 2.45. The van der Waals surface area contributed by atoms with Crippen molar-refractivity contribution in [3.8, 4) is 0 Å². The van der Waals surface area contributed by atoms with E-state index in [0.29, 0.717) is 6.61 Å². The molecular formula is C17H28O4Si. The van der Waals surface area contributed by atoms with Crippen LogP contribution in [-0.2, 0) is 16.1 Å². The molecule has 0 aromatic heterocycles. The zero-order valence-electron chi connectivity index (χ0n) is 14.2. The third kappa shape index (κ3) is 4.66. The predicted molar refractivity (Wildman–Crippen MR) is 90.7 cm³/mol. The molecule has 1 aromatic carbocycles. The van der Waals surface area contributed by atoms with E-state index in [9.17, 15) is 15.0 Å². The molecule has 0 radical (unpaired) electrons. The van der Waals surface area contributed by atoms with Crippen LogP contribution in [0.15, 0.2) is 30.3 Å². The molecule has 22 heavy (non-hydrogen) atoms. The van der Waals surface area contributed by atoms with Crippen LogP contribution in [0.3, 0.4) is 0 Å². The van der Waals surface area contributed by atoms with Gasteiger partial charge < -0.3 is 14.9 Å². The normalized spacial score (nSPS) is 15.4. The predicted octanol–water partition coefficient (Wildman–Crippen LogP) is 3.53. The Balaban J connectivity index is 2.81. The second kappa shape index (κ2) is 7.40. The van der Waals surface area contributed by atoms with E-state index in [1.54, 1.807) is 0 Å². The third-order valence-electron chi connectivity index (χ3n) is 4.90. The van der Waals surface area contributed by atoms with E-state index in [1.807, 2.05) is 30.3 Å². The molecule has 0 aliphatic rings. The molecule has 1 unspecified atom stereocenters. The molecular weight excluding hydrogens is 296 g/mol. The third-order valence-corrected chi connectivity index (χ3v) is 11.1. The van der Waals surface area contributed by atoms with Crippen molar-refractivity contribution >= 4 is 14.0 Å². The first kappa shape index (κ1) is 18.9. The van der Waals surface area contributed by atoms with Gasteiger partial charge in [-0.15, -0.1) is 0 Å². The minimum absolute atomic E-state index is 0.0236. The smallest absolute Gasteiger partial charge is 0.332 e. The highest BCUT2D eigenvalue weighted by molar-refractivity contribution is 6.81. The van der Waals surface area contributed by atoms with Gasteiger partial charge in [-0.2, -0.15) is 0 Å². The lowest BCUT2D eigenvalue weighted by Crippen LogP contribution is -2.50. The average molecular weight is 324 g/mol. The molecule has 0 saturated heterocycles. The van der Waals surface area contributed by atoms with E-state index in [2.05, 4.69) is 33.9 Å². The molecule has 0 aliphatic carbocycles. The van der Waals surface area contributed by atoms with Gasteiger partial charge in [-0.1, -0.05) is 64.2 Å². The number of aliphatic hydroxyl groups is 1. The van der Waals surface area contributed by atoms with Crippen molar-refractivity contribution in [1.82, 2.24) is 0 Å². The first-order valence-electron chi connectivity index (χ1n) is 7.60. The lowest BCUT2D eigenvalue weighted by atomic mass is 10.2. The second-order valence-corrected chi connectivity index (χ2v) is 13.0. The van der Waals surface area contributed by atoms with E-state index >= 15 is 0 Å². The number of rotatable bonds is 7. The maximum Gasteiger partial charge on any atom is 0.332 e. The molecule has 0 amide bonds. The van der Waals surface area contributed by atoms with Crippen LogP contribution in [0.2, 0.25) is 23.7 Å². The van der Waals surface area contributed by atoms with Crippen molar-refractivity contribution in [3.05, 3.63) is 35.9 Å². The Morgan fingerprint density at radius 1 is 1.23 bits per heavy atom. The molecule has 0 aliphatic heterocycles. The molecule has 0 heterocycles. The van der Waals surface area contributed by atoms with E-state index in [-0.39, 0.29) is 17.2 Å². The Bertz CT molecular complexity index is 479. The average Bonchev–Trinajstić information content (AvgIpc) is 2.42. The first-order valence-corrected chi connectivity index (χ1v) is 10.7. The van der Waals surface area contributed by atoms with Gasteiger partial charge in [0.25, 0.3) is 0 Å². The van der Waals surface area contributed by atoms with Crippen LogP contribution in [-0.4, -0.2) is 37.0 Å². The van der Waals surface area contributed by atoms with Crippen LogP contribution in [0.1, 0.15) is 26.3 Å². The van der Waals surface area contributed by atoms with Gasteiger partial charge in [0.15, 0.2) is 6.10 Å². The quantitative estimate of drug-likeness (QED) is 0.753. The van der Waals surface area contributed by atoms with Crippen LogP contribution < -0.4 is 0 Å². The number of carbonyl (C=O) groups is 1. The molecule has 5 heteroatoms. The van der Waals surface area contributed by atoms with Gasteiger partial charge in [0, 0.05) is 5.54 Å². The molecule has 2 N–H and O–H groups in total. The summed E-state index contributed by atoms with van der Waals surface area (Å²) < 4.78 is 5.75. The Kier molecular flexibility index (Phi) is 6.34. The summed E-state index contributed by atoms with van der Waals surface area (Å²) in [6.07, 6.45) is -1.38. The summed E-state index contributed by atoms with van der Waals surface area (Å²) in [5, 5.41) is 19.3. The van der Waals surface area contributed by atoms with Crippen molar-refractivity contribution in [1.29, 1.82) is 0 Å². The highest BCUT2D eigenvalue weighted by atomic mass is 28.3. The molecule has 4 nitrogen and oxygen atoms in total. The highest BCUT2D eigenvalue weighted by Gasteiger charge is 2.47. The molecule has 2 atom stereocenters. The number of carboxylic acids is 1. The Morgan fingerprint density at radius 3 is 2.23 bits per heavy atom. The van der Waals surface area contributed by atoms with Gasteiger partial charge >= 0.3 is 5.97 Å². The maximum atomic E-state index is 11.3. The fraction of sp³-hybridized carbons (Fsp3) is 0.588. The molecule has 0 bridgehead atoms. The summed E-state index contributed by atoms with van der Waals surface area (Å²) in [7, 11) is -2.05. The monoisotopic (exact) mass is 324 g/mol. The minimum atomic E-state index is -2.05. The first-order chi connectivity index (χ1) is 10.1. The molecule has 0 saturated carbocycles. The Hall–Kier alpha value is -1.17. The number of aliphatic carboxylic acids is 1. The molecule has 1 rings (SSSR count). The van der Waals surface area contributed by atoms with E-state index in [0.717, 1.165) is 5.56 Å². The lowest BCUT2D eigenvalue weighted by molar-refractivity contribution is -0.147. The lowest BCUT2D eigenvalue weighted by Gasteiger charge is -2.44.